The number of aromatic amines is 1. The van der Waals surface area contributed by atoms with E-state index in [0.29, 0.717) is 5.69 Å². The van der Waals surface area contributed by atoms with Crippen molar-refractivity contribution < 1.29 is 4.79 Å². The Morgan fingerprint density at radius 1 is 1.18 bits per heavy atom. The molecule has 0 aliphatic carbocycles. The zero-order valence-corrected chi connectivity index (χ0v) is 15.4. The number of hydrogen-bond donors (Lipinski definition) is 2. The molecule has 6 nitrogen and oxygen atoms in total. The lowest BCUT2D eigenvalue weighted by molar-refractivity contribution is -0.113. The number of aromatic nitrogens is 4. The van der Waals surface area contributed by atoms with E-state index in [1.807, 2.05) is 36.7 Å². The number of nitrogens with zero attached hydrogens (tertiary/aromatic N) is 3. The summed E-state index contributed by atoms with van der Waals surface area (Å²) in [5.41, 5.74) is 11.5. The van der Waals surface area contributed by atoms with Gasteiger partial charge in [-0.05, 0) is 48.4 Å². The maximum atomic E-state index is 11.0. The maximum absolute atomic E-state index is 11.0. The molecular weight excluding hydrogens is 350 g/mol. The van der Waals surface area contributed by atoms with Crippen molar-refractivity contribution in [3.8, 4) is 22.4 Å². The Kier molecular flexibility index (Phi) is 4.68. The second kappa shape index (κ2) is 7.44. The minimum absolute atomic E-state index is 0.504. The number of nitrogens with two attached hydrogens (primary N) is 1. The van der Waals surface area contributed by atoms with Gasteiger partial charge in [0.1, 0.15) is 5.65 Å². The van der Waals surface area contributed by atoms with Gasteiger partial charge >= 0.3 is 0 Å². The van der Waals surface area contributed by atoms with E-state index in [1.54, 1.807) is 12.3 Å². The predicted molar refractivity (Wildman–Crippen MR) is 110 cm³/mol. The number of hydrogen-bond acceptors (Lipinski definition) is 4. The molecule has 4 rings (SSSR count). The van der Waals surface area contributed by atoms with Crippen LogP contribution in [0.25, 0.3) is 39.5 Å². The van der Waals surface area contributed by atoms with Crippen LogP contribution < -0.4 is 5.73 Å². The monoisotopic (exact) mass is 369 g/mol. The summed E-state index contributed by atoms with van der Waals surface area (Å²) >= 11 is 0. The summed E-state index contributed by atoms with van der Waals surface area (Å²) in [7, 11) is 0. The SMILES string of the molecule is CCc1cc(-c2c[nH]c3ncc(-c4cccc(/C=C/C(N)=O)n4)cc23)ccn1. The first kappa shape index (κ1) is 17.6. The van der Waals surface area contributed by atoms with Crippen LogP contribution in [0.3, 0.4) is 0 Å². The Labute approximate surface area is 162 Å². The number of carbonyl (C=O) groups excluding carboxylic acids is 1. The lowest BCUT2D eigenvalue weighted by atomic mass is 10.0. The highest BCUT2D eigenvalue weighted by Crippen LogP contribution is 2.30. The van der Waals surface area contributed by atoms with Crippen LogP contribution in [-0.4, -0.2) is 25.8 Å². The summed E-state index contributed by atoms with van der Waals surface area (Å²) in [6, 6.07) is 11.8. The molecule has 0 unspecified atom stereocenters. The van der Waals surface area contributed by atoms with Gasteiger partial charge in [-0.1, -0.05) is 13.0 Å². The fourth-order valence-corrected chi connectivity index (χ4v) is 3.09. The van der Waals surface area contributed by atoms with Gasteiger partial charge in [-0.3, -0.25) is 9.78 Å². The number of fused-ring (bicyclic) bond motifs is 1. The van der Waals surface area contributed by atoms with E-state index >= 15 is 0 Å². The molecule has 0 aromatic carbocycles. The van der Waals surface area contributed by atoms with Gasteiger partial charge < -0.3 is 10.7 Å². The molecule has 0 spiro atoms. The number of pyridine rings is 3. The zero-order valence-electron chi connectivity index (χ0n) is 15.4. The zero-order chi connectivity index (χ0) is 19.5. The molecule has 28 heavy (non-hydrogen) atoms. The lowest BCUT2D eigenvalue weighted by Crippen LogP contribution is -2.05. The van der Waals surface area contributed by atoms with E-state index in [0.717, 1.165) is 45.5 Å². The van der Waals surface area contributed by atoms with Gasteiger partial charge in [0, 0.05) is 46.9 Å². The second-order valence-electron chi connectivity index (χ2n) is 6.40. The first-order chi connectivity index (χ1) is 13.6. The van der Waals surface area contributed by atoms with Gasteiger partial charge in [0.05, 0.1) is 11.4 Å². The molecule has 0 aliphatic heterocycles. The molecule has 0 bridgehead atoms. The summed E-state index contributed by atoms with van der Waals surface area (Å²) in [6.45, 7) is 2.09. The summed E-state index contributed by atoms with van der Waals surface area (Å²) in [6.07, 6.45) is 9.37. The fraction of sp³-hybridized carbons (Fsp3) is 0.0909. The summed E-state index contributed by atoms with van der Waals surface area (Å²) in [5, 5.41) is 1.02. The molecule has 0 radical (unpaired) electrons. The van der Waals surface area contributed by atoms with Gasteiger partial charge in [-0.15, -0.1) is 0 Å². The number of carbonyl (C=O) groups is 1. The lowest BCUT2D eigenvalue weighted by Gasteiger charge is -2.05. The predicted octanol–water partition coefficient (Wildman–Crippen LogP) is 3.75. The van der Waals surface area contributed by atoms with Crippen molar-refractivity contribution in [2.24, 2.45) is 5.73 Å². The minimum atomic E-state index is -0.504. The van der Waals surface area contributed by atoms with Crippen LogP contribution in [0.1, 0.15) is 18.3 Å². The minimum Gasteiger partial charge on any atom is -0.366 e. The van der Waals surface area contributed by atoms with Crippen molar-refractivity contribution in [1.29, 1.82) is 0 Å². The molecule has 0 atom stereocenters. The van der Waals surface area contributed by atoms with Gasteiger partial charge in [0.25, 0.3) is 0 Å². The number of rotatable bonds is 5. The summed E-state index contributed by atoms with van der Waals surface area (Å²) in [5.74, 6) is -0.504. The number of amides is 1. The van der Waals surface area contributed by atoms with E-state index in [-0.39, 0.29) is 0 Å². The van der Waals surface area contributed by atoms with E-state index in [1.165, 1.54) is 6.08 Å². The molecule has 4 aromatic rings. The Bertz CT molecular complexity index is 1190. The van der Waals surface area contributed by atoms with Crippen LogP contribution in [0.2, 0.25) is 0 Å². The fourth-order valence-electron chi connectivity index (χ4n) is 3.09. The van der Waals surface area contributed by atoms with Crippen molar-refractivity contribution in [1.82, 2.24) is 19.9 Å². The maximum Gasteiger partial charge on any atom is 0.241 e. The highest BCUT2D eigenvalue weighted by Gasteiger charge is 2.10. The van der Waals surface area contributed by atoms with Crippen molar-refractivity contribution in [3.63, 3.8) is 0 Å². The third-order valence-corrected chi connectivity index (χ3v) is 4.51. The number of H-pyrrole nitrogens is 1. The standard InChI is InChI=1S/C22H19N5O/c1-2-16-10-14(8-9-24-16)19-13-26-22-18(19)11-15(12-25-22)20-5-3-4-17(27-20)6-7-21(23)28/h3-13H,2H2,1H3,(H2,23,28)(H,25,26)/b7-6+. The van der Waals surface area contributed by atoms with Crippen molar-refractivity contribution in [2.45, 2.75) is 13.3 Å². The van der Waals surface area contributed by atoms with E-state index in [9.17, 15) is 4.79 Å². The van der Waals surface area contributed by atoms with Gasteiger partial charge in [0.2, 0.25) is 5.91 Å². The van der Waals surface area contributed by atoms with Crippen LogP contribution in [-0.2, 0) is 11.2 Å². The highest BCUT2D eigenvalue weighted by atomic mass is 16.1. The Balaban J connectivity index is 1.78. The topological polar surface area (TPSA) is 97.6 Å². The van der Waals surface area contributed by atoms with E-state index < -0.39 is 5.91 Å². The molecule has 0 saturated carbocycles. The van der Waals surface area contributed by atoms with Crippen LogP contribution >= 0.6 is 0 Å². The smallest absolute Gasteiger partial charge is 0.241 e. The van der Waals surface area contributed by atoms with E-state index in [2.05, 4.69) is 39.0 Å². The first-order valence-corrected chi connectivity index (χ1v) is 9.01. The third kappa shape index (κ3) is 3.53. The van der Waals surface area contributed by atoms with Gasteiger partial charge in [-0.25, -0.2) is 9.97 Å². The van der Waals surface area contributed by atoms with Crippen molar-refractivity contribution >= 4 is 23.0 Å². The average Bonchev–Trinajstić information content (AvgIpc) is 3.16. The molecule has 1 amide bonds. The number of aryl methyl sites for hydroxylation is 1. The van der Waals surface area contributed by atoms with Gasteiger partial charge in [-0.2, -0.15) is 0 Å². The molecule has 4 heterocycles. The van der Waals surface area contributed by atoms with Crippen LogP contribution in [0.4, 0.5) is 0 Å². The average molecular weight is 369 g/mol. The molecule has 6 heteroatoms. The largest absolute Gasteiger partial charge is 0.366 e. The van der Waals surface area contributed by atoms with Crippen LogP contribution in [0, 0.1) is 0 Å². The number of primary amides is 1. The molecule has 0 aliphatic rings. The molecule has 4 aromatic heterocycles. The van der Waals surface area contributed by atoms with Crippen molar-refractivity contribution in [2.75, 3.05) is 0 Å². The second-order valence-corrected chi connectivity index (χ2v) is 6.40. The summed E-state index contributed by atoms with van der Waals surface area (Å²) in [4.78, 5) is 27.7. The normalized spacial score (nSPS) is 11.3. The van der Waals surface area contributed by atoms with Crippen LogP contribution in [0.5, 0.6) is 0 Å². The summed E-state index contributed by atoms with van der Waals surface area (Å²) < 4.78 is 0. The Morgan fingerprint density at radius 2 is 2.07 bits per heavy atom. The molecule has 3 N–H and O–H groups in total. The molecule has 138 valence electrons. The molecular formula is C22H19N5O. The molecule has 0 saturated heterocycles. The van der Waals surface area contributed by atoms with Gasteiger partial charge in [0.15, 0.2) is 0 Å². The Morgan fingerprint density at radius 3 is 2.89 bits per heavy atom. The highest BCUT2D eigenvalue weighted by molar-refractivity contribution is 5.95. The third-order valence-electron chi connectivity index (χ3n) is 4.51. The quantitative estimate of drug-likeness (QED) is 0.524. The van der Waals surface area contributed by atoms with E-state index in [4.69, 9.17) is 5.73 Å². The molecule has 0 fully saturated rings. The van der Waals surface area contributed by atoms with Crippen molar-refractivity contribution in [3.05, 3.63) is 72.5 Å². The van der Waals surface area contributed by atoms with Crippen LogP contribution in [0.15, 0.2) is 61.1 Å². The first-order valence-electron chi connectivity index (χ1n) is 9.01. The number of nitrogens with one attached hydrogen (secondary N) is 1. The Hall–Kier alpha value is -3.80.